The van der Waals surface area contributed by atoms with Crippen LogP contribution in [0.3, 0.4) is 0 Å². The number of ether oxygens (including phenoxy) is 1. The maximum Gasteiger partial charge on any atom is 0.408 e. The molecule has 30 heavy (non-hydrogen) atoms. The predicted molar refractivity (Wildman–Crippen MR) is 110 cm³/mol. The maximum atomic E-state index is 13.9. The Morgan fingerprint density at radius 2 is 1.63 bits per heavy atom. The Labute approximate surface area is 174 Å². The summed E-state index contributed by atoms with van der Waals surface area (Å²) in [7, 11) is 0. The second-order valence-corrected chi connectivity index (χ2v) is 7.19. The lowest BCUT2D eigenvalue weighted by Crippen LogP contribution is -2.55. The first kappa shape index (κ1) is 22.9. The number of rotatable bonds is 9. The molecule has 2 atom stereocenters. The zero-order chi connectivity index (χ0) is 22.1. The number of alkyl carbamates (subject to hydrolysis) is 1. The van der Waals surface area contributed by atoms with E-state index in [4.69, 9.17) is 10.5 Å². The van der Waals surface area contributed by atoms with E-state index in [1.807, 2.05) is 18.2 Å². The first-order chi connectivity index (χ1) is 14.3. The molecule has 0 aromatic heterocycles. The van der Waals surface area contributed by atoms with E-state index in [-0.39, 0.29) is 24.5 Å². The van der Waals surface area contributed by atoms with Gasteiger partial charge in [0.2, 0.25) is 11.8 Å². The van der Waals surface area contributed by atoms with E-state index in [9.17, 15) is 18.8 Å². The van der Waals surface area contributed by atoms with Crippen molar-refractivity contribution in [2.24, 2.45) is 11.7 Å². The van der Waals surface area contributed by atoms with Crippen LogP contribution in [0.15, 0.2) is 54.6 Å². The number of hydrogen-bond acceptors (Lipinski definition) is 4. The maximum absolute atomic E-state index is 13.9. The van der Waals surface area contributed by atoms with E-state index in [1.165, 1.54) is 18.2 Å². The largest absolute Gasteiger partial charge is 0.445 e. The van der Waals surface area contributed by atoms with Crippen LogP contribution in [0.4, 0.5) is 9.18 Å². The van der Waals surface area contributed by atoms with Crippen molar-refractivity contribution in [3.05, 3.63) is 71.5 Å². The predicted octanol–water partition coefficient (Wildman–Crippen LogP) is 2.29. The van der Waals surface area contributed by atoms with Gasteiger partial charge in [-0.2, -0.15) is 0 Å². The average Bonchev–Trinajstić information content (AvgIpc) is 2.71. The Morgan fingerprint density at radius 1 is 1.00 bits per heavy atom. The zero-order valence-electron chi connectivity index (χ0n) is 16.9. The monoisotopic (exact) mass is 415 g/mol. The molecule has 0 radical (unpaired) electrons. The van der Waals surface area contributed by atoms with Gasteiger partial charge in [0.05, 0.1) is 0 Å². The summed E-state index contributed by atoms with van der Waals surface area (Å²) in [5.41, 5.74) is 6.44. The molecule has 0 saturated heterocycles. The highest BCUT2D eigenvalue weighted by molar-refractivity contribution is 5.91. The summed E-state index contributed by atoms with van der Waals surface area (Å²) in [5, 5.41) is 5.01. The van der Waals surface area contributed by atoms with Crippen LogP contribution in [0.1, 0.15) is 25.0 Å². The second-order valence-electron chi connectivity index (χ2n) is 7.19. The van der Waals surface area contributed by atoms with Crippen LogP contribution in [0.25, 0.3) is 0 Å². The molecule has 7 nitrogen and oxygen atoms in total. The van der Waals surface area contributed by atoms with Gasteiger partial charge in [0, 0.05) is 6.42 Å². The zero-order valence-corrected chi connectivity index (χ0v) is 16.9. The molecule has 4 N–H and O–H groups in total. The third kappa shape index (κ3) is 6.88. The summed E-state index contributed by atoms with van der Waals surface area (Å²) >= 11 is 0. The number of primary amides is 1. The molecule has 0 aliphatic heterocycles. The Bertz CT molecular complexity index is 874. The number of carbonyl (C=O) groups excluding carboxylic acids is 3. The van der Waals surface area contributed by atoms with Crippen molar-refractivity contribution in [1.29, 1.82) is 0 Å². The Hall–Kier alpha value is -3.42. The molecule has 0 aliphatic rings. The molecule has 8 heteroatoms. The highest BCUT2D eigenvalue weighted by Crippen LogP contribution is 2.10. The topological polar surface area (TPSA) is 111 Å². The van der Waals surface area contributed by atoms with E-state index in [0.717, 1.165) is 5.56 Å². The molecule has 160 valence electrons. The number of carbonyl (C=O) groups is 3. The van der Waals surface area contributed by atoms with Crippen molar-refractivity contribution < 1.29 is 23.5 Å². The van der Waals surface area contributed by atoms with Crippen LogP contribution in [0.2, 0.25) is 0 Å². The van der Waals surface area contributed by atoms with Gasteiger partial charge in [-0.1, -0.05) is 62.4 Å². The van der Waals surface area contributed by atoms with E-state index in [1.54, 1.807) is 32.0 Å². The molecule has 2 rings (SSSR count). The summed E-state index contributed by atoms with van der Waals surface area (Å²) in [6.07, 6.45) is -0.866. The van der Waals surface area contributed by atoms with Crippen molar-refractivity contribution in [2.75, 3.05) is 0 Å². The quantitative estimate of drug-likeness (QED) is 0.584. The first-order valence-corrected chi connectivity index (χ1v) is 9.58. The lowest BCUT2D eigenvalue weighted by molar-refractivity contribution is -0.129. The van der Waals surface area contributed by atoms with E-state index >= 15 is 0 Å². The number of halogens is 1. The van der Waals surface area contributed by atoms with Crippen LogP contribution >= 0.6 is 0 Å². The van der Waals surface area contributed by atoms with Gasteiger partial charge in [-0.25, -0.2) is 9.18 Å². The van der Waals surface area contributed by atoms with Gasteiger partial charge in [0.25, 0.3) is 0 Å². The van der Waals surface area contributed by atoms with Crippen LogP contribution in [0.5, 0.6) is 0 Å². The van der Waals surface area contributed by atoms with Gasteiger partial charge in [0.1, 0.15) is 24.5 Å². The van der Waals surface area contributed by atoms with Gasteiger partial charge in [0.15, 0.2) is 0 Å². The number of amides is 3. The molecule has 0 aliphatic carbocycles. The molecule has 3 amide bonds. The number of benzene rings is 2. The number of hydrogen-bond donors (Lipinski definition) is 3. The van der Waals surface area contributed by atoms with E-state index in [0.29, 0.717) is 0 Å². The fourth-order valence-electron chi connectivity index (χ4n) is 2.79. The fourth-order valence-corrected chi connectivity index (χ4v) is 2.79. The molecule has 0 heterocycles. The van der Waals surface area contributed by atoms with E-state index < -0.39 is 35.8 Å². The molecule has 0 unspecified atom stereocenters. The van der Waals surface area contributed by atoms with Gasteiger partial charge in [-0.15, -0.1) is 0 Å². The van der Waals surface area contributed by atoms with Gasteiger partial charge in [-0.3, -0.25) is 9.59 Å². The smallest absolute Gasteiger partial charge is 0.408 e. The molecule has 0 spiro atoms. The molecule has 0 fully saturated rings. The van der Waals surface area contributed by atoms with Crippen molar-refractivity contribution in [3.63, 3.8) is 0 Å². The van der Waals surface area contributed by atoms with Crippen LogP contribution in [-0.4, -0.2) is 30.0 Å². The summed E-state index contributed by atoms with van der Waals surface area (Å²) < 4.78 is 19.0. The molecule has 2 aromatic rings. The number of nitrogens with one attached hydrogen (secondary N) is 2. The second kappa shape index (κ2) is 10.9. The van der Waals surface area contributed by atoms with Crippen molar-refractivity contribution in [1.82, 2.24) is 10.6 Å². The minimum atomic E-state index is -1.13. The fraction of sp³-hybridized carbons (Fsp3) is 0.318. The Morgan fingerprint density at radius 3 is 2.23 bits per heavy atom. The van der Waals surface area contributed by atoms with Crippen molar-refractivity contribution in [3.8, 4) is 0 Å². The van der Waals surface area contributed by atoms with Gasteiger partial charge in [-0.05, 0) is 23.1 Å². The van der Waals surface area contributed by atoms with Gasteiger partial charge < -0.3 is 21.1 Å². The molecular weight excluding hydrogens is 389 g/mol. The third-order valence-electron chi connectivity index (χ3n) is 4.48. The lowest BCUT2D eigenvalue weighted by Gasteiger charge is -2.24. The van der Waals surface area contributed by atoms with E-state index in [2.05, 4.69) is 10.6 Å². The summed E-state index contributed by atoms with van der Waals surface area (Å²) in [6.45, 7) is 3.52. The minimum Gasteiger partial charge on any atom is -0.445 e. The average molecular weight is 415 g/mol. The van der Waals surface area contributed by atoms with Crippen molar-refractivity contribution in [2.45, 2.75) is 39.0 Å². The molecule has 0 saturated carbocycles. The highest BCUT2D eigenvalue weighted by atomic mass is 19.1. The SMILES string of the molecule is CC(C)[C@H](NC(=O)OCc1ccccc1)C(=O)N[C@@H](Cc1ccccc1F)C(N)=O. The lowest BCUT2D eigenvalue weighted by atomic mass is 10.0. The summed E-state index contributed by atoms with van der Waals surface area (Å²) in [4.78, 5) is 36.6. The first-order valence-electron chi connectivity index (χ1n) is 9.58. The van der Waals surface area contributed by atoms with Crippen molar-refractivity contribution >= 4 is 17.9 Å². The standard InChI is InChI=1S/C22H26FN3O4/c1-14(2)19(26-22(29)30-13-15-8-4-3-5-9-15)21(28)25-18(20(24)27)12-16-10-6-7-11-17(16)23/h3-11,14,18-19H,12-13H2,1-2H3,(H2,24,27)(H,25,28)(H,26,29)/t18-,19-/m0/s1. The minimum absolute atomic E-state index is 0.0519. The molecule has 0 bridgehead atoms. The Balaban J connectivity index is 1.99. The molecular formula is C22H26FN3O4. The summed E-state index contributed by atoms with van der Waals surface area (Å²) in [6, 6.07) is 12.9. The number of nitrogens with two attached hydrogens (primary N) is 1. The Kier molecular flexibility index (Phi) is 8.34. The molecule has 2 aromatic carbocycles. The normalized spacial score (nSPS) is 12.7. The summed E-state index contributed by atoms with van der Waals surface area (Å²) in [5.74, 6) is -2.21. The van der Waals surface area contributed by atoms with Crippen LogP contribution in [0, 0.1) is 11.7 Å². The van der Waals surface area contributed by atoms with Gasteiger partial charge >= 0.3 is 6.09 Å². The highest BCUT2D eigenvalue weighted by Gasteiger charge is 2.29. The van der Waals surface area contributed by atoms with Crippen LogP contribution in [-0.2, 0) is 27.4 Å². The van der Waals surface area contributed by atoms with Crippen LogP contribution < -0.4 is 16.4 Å². The third-order valence-corrected chi connectivity index (χ3v) is 4.48.